The van der Waals surface area contributed by atoms with E-state index in [1.807, 2.05) is 0 Å². The lowest BCUT2D eigenvalue weighted by atomic mass is 10.0. The van der Waals surface area contributed by atoms with Crippen LogP contribution in [0.5, 0.6) is 0 Å². The molecule has 8 nitrogen and oxygen atoms in total. The first kappa shape index (κ1) is 25.7. The monoisotopic (exact) mass is 530 g/mol. The van der Waals surface area contributed by atoms with Crippen LogP contribution >= 0.6 is 11.6 Å². The number of anilines is 1. The third-order valence-electron chi connectivity index (χ3n) is 5.48. The highest BCUT2D eigenvalue weighted by atomic mass is 35.5. The van der Waals surface area contributed by atoms with Crippen molar-refractivity contribution >= 4 is 40.6 Å². The highest BCUT2D eigenvalue weighted by Gasteiger charge is 2.30. The van der Waals surface area contributed by atoms with Crippen molar-refractivity contribution in [3.63, 3.8) is 0 Å². The molecular formula is C25H18ClF3N4O4. The van der Waals surface area contributed by atoms with Crippen molar-refractivity contribution in [3.05, 3.63) is 88.7 Å². The first-order chi connectivity index (χ1) is 17.4. The van der Waals surface area contributed by atoms with E-state index in [-0.39, 0.29) is 21.8 Å². The zero-order valence-electron chi connectivity index (χ0n) is 19.1. The number of carbonyl (C=O) groups excluding carboxylic acids is 3. The second kappa shape index (κ2) is 9.94. The lowest BCUT2D eigenvalue weighted by Crippen LogP contribution is -2.27. The average Bonchev–Trinajstić information content (AvgIpc) is 3.29. The molecule has 37 heavy (non-hydrogen) atoms. The Morgan fingerprint density at radius 1 is 1.05 bits per heavy atom. The van der Waals surface area contributed by atoms with Gasteiger partial charge in [0.1, 0.15) is 0 Å². The van der Waals surface area contributed by atoms with Crippen LogP contribution in [0.25, 0.3) is 16.6 Å². The Hall–Kier alpha value is -4.38. The van der Waals surface area contributed by atoms with Gasteiger partial charge < -0.3 is 15.4 Å². The summed E-state index contributed by atoms with van der Waals surface area (Å²) >= 11 is 5.98. The predicted molar refractivity (Wildman–Crippen MR) is 130 cm³/mol. The van der Waals surface area contributed by atoms with Crippen molar-refractivity contribution in [2.75, 3.05) is 18.6 Å². The number of hydrogen-bond donors (Lipinski definition) is 1. The molecule has 0 radical (unpaired) electrons. The second-order valence-corrected chi connectivity index (χ2v) is 8.37. The summed E-state index contributed by atoms with van der Waals surface area (Å²) in [5.74, 6) is -2.28. The van der Waals surface area contributed by atoms with E-state index in [0.29, 0.717) is 16.6 Å². The van der Waals surface area contributed by atoms with Crippen LogP contribution in [0.2, 0.25) is 5.02 Å². The highest BCUT2D eigenvalue weighted by Crippen LogP contribution is 2.28. The molecule has 2 N–H and O–H groups in total. The fourth-order valence-electron chi connectivity index (χ4n) is 3.56. The molecule has 0 aliphatic rings. The Balaban J connectivity index is 1.62. The van der Waals surface area contributed by atoms with Crippen LogP contribution in [0, 0.1) is 0 Å². The van der Waals surface area contributed by atoms with Crippen LogP contribution < -0.4 is 10.6 Å². The normalized spacial score (nSPS) is 11.4. The zero-order valence-corrected chi connectivity index (χ0v) is 19.9. The van der Waals surface area contributed by atoms with Gasteiger partial charge in [0.05, 0.1) is 22.3 Å². The van der Waals surface area contributed by atoms with Crippen molar-refractivity contribution in [2.24, 2.45) is 5.73 Å². The van der Waals surface area contributed by atoms with Gasteiger partial charge in [0, 0.05) is 35.6 Å². The zero-order chi connectivity index (χ0) is 26.9. The van der Waals surface area contributed by atoms with Crippen LogP contribution in [-0.4, -0.2) is 47.2 Å². The Morgan fingerprint density at radius 2 is 1.76 bits per heavy atom. The standard InChI is InChI=1S/C25H18ClF3N4O4/c1-32(17-6-7-20(26)18(11-17)24(36)37-13-25(27,28)29)23(35)16-8-9-33-21(10-16)19(12-31-33)14-2-4-15(5-3-14)22(30)34/h2-12H,13H2,1H3,(H2,30,34). The van der Waals surface area contributed by atoms with Gasteiger partial charge in [-0.15, -0.1) is 0 Å². The van der Waals surface area contributed by atoms with E-state index in [2.05, 4.69) is 9.84 Å². The van der Waals surface area contributed by atoms with Crippen molar-refractivity contribution in [2.45, 2.75) is 6.18 Å². The minimum absolute atomic E-state index is 0.121. The summed E-state index contributed by atoms with van der Waals surface area (Å²) in [5, 5.41) is 4.16. The summed E-state index contributed by atoms with van der Waals surface area (Å²) in [4.78, 5) is 37.9. The van der Waals surface area contributed by atoms with Crippen LogP contribution in [-0.2, 0) is 4.74 Å². The lowest BCUT2D eigenvalue weighted by molar-refractivity contribution is -0.161. The summed E-state index contributed by atoms with van der Waals surface area (Å²) in [6.45, 7) is -1.76. The summed E-state index contributed by atoms with van der Waals surface area (Å²) in [7, 11) is 1.44. The number of esters is 1. The third kappa shape index (κ3) is 5.56. The number of carbonyl (C=O) groups is 3. The maximum Gasteiger partial charge on any atom is 0.422 e. The van der Waals surface area contributed by atoms with Gasteiger partial charge >= 0.3 is 12.1 Å². The minimum atomic E-state index is -4.69. The number of nitrogens with two attached hydrogens (primary N) is 1. The largest absolute Gasteiger partial charge is 0.452 e. The number of aromatic nitrogens is 2. The quantitative estimate of drug-likeness (QED) is 0.362. The second-order valence-electron chi connectivity index (χ2n) is 7.96. The topological polar surface area (TPSA) is 107 Å². The predicted octanol–water partition coefficient (Wildman–Crippen LogP) is 4.75. The molecule has 0 aliphatic carbocycles. The molecule has 0 saturated carbocycles. The number of amides is 2. The first-order valence-electron chi connectivity index (χ1n) is 10.6. The molecular weight excluding hydrogens is 513 g/mol. The van der Waals surface area contributed by atoms with Crippen LogP contribution in [0.3, 0.4) is 0 Å². The van der Waals surface area contributed by atoms with Crippen LogP contribution in [0.4, 0.5) is 18.9 Å². The molecule has 0 aliphatic heterocycles. The molecule has 12 heteroatoms. The summed E-state index contributed by atoms with van der Waals surface area (Å²) in [6, 6.07) is 13.7. The molecule has 2 heterocycles. The van der Waals surface area contributed by atoms with Crippen molar-refractivity contribution in [1.29, 1.82) is 0 Å². The van der Waals surface area contributed by atoms with E-state index in [1.165, 1.54) is 30.1 Å². The molecule has 2 aromatic carbocycles. The molecule has 0 fully saturated rings. The third-order valence-corrected chi connectivity index (χ3v) is 5.81. The highest BCUT2D eigenvalue weighted by molar-refractivity contribution is 6.33. The first-order valence-corrected chi connectivity index (χ1v) is 11.0. The maximum atomic E-state index is 13.2. The van der Waals surface area contributed by atoms with Crippen molar-refractivity contribution in [3.8, 4) is 11.1 Å². The Bertz CT molecular complexity index is 1520. The average molecular weight is 531 g/mol. The van der Waals surface area contributed by atoms with Gasteiger partial charge in [-0.2, -0.15) is 18.3 Å². The van der Waals surface area contributed by atoms with Gasteiger partial charge in [-0.05, 0) is 48.0 Å². The molecule has 4 aromatic rings. The van der Waals surface area contributed by atoms with Gasteiger partial charge in [0.2, 0.25) is 5.91 Å². The Labute approximate surface area is 213 Å². The number of pyridine rings is 1. The molecule has 2 amide bonds. The van der Waals surface area contributed by atoms with Crippen molar-refractivity contribution < 1.29 is 32.3 Å². The molecule has 190 valence electrons. The molecule has 0 atom stereocenters. The molecule has 0 bridgehead atoms. The molecule has 0 spiro atoms. The van der Waals surface area contributed by atoms with Crippen LogP contribution in [0.15, 0.2) is 67.0 Å². The molecule has 2 aromatic heterocycles. The van der Waals surface area contributed by atoms with Gasteiger partial charge in [-0.1, -0.05) is 23.7 Å². The number of alkyl halides is 3. The molecule has 4 rings (SSSR count). The van der Waals surface area contributed by atoms with E-state index < -0.39 is 30.6 Å². The van der Waals surface area contributed by atoms with Crippen molar-refractivity contribution in [1.82, 2.24) is 9.61 Å². The minimum Gasteiger partial charge on any atom is -0.452 e. The Kier molecular flexibility index (Phi) is 6.90. The van der Waals surface area contributed by atoms with Crippen LogP contribution in [0.1, 0.15) is 31.1 Å². The maximum absolute atomic E-state index is 13.2. The molecule has 0 saturated heterocycles. The van der Waals surface area contributed by atoms with E-state index in [9.17, 15) is 27.6 Å². The van der Waals surface area contributed by atoms with Gasteiger partial charge in [0.15, 0.2) is 6.61 Å². The number of fused-ring (bicyclic) bond motifs is 1. The summed E-state index contributed by atoms with van der Waals surface area (Å²) in [6.07, 6.45) is -1.48. The van der Waals surface area contributed by atoms with Gasteiger partial charge in [-0.3, -0.25) is 9.59 Å². The summed E-state index contributed by atoms with van der Waals surface area (Å²) < 4.78 is 43.1. The smallest absolute Gasteiger partial charge is 0.422 e. The fraction of sp³-hybridized carbons (Fsp3) is 0.120. The van der Waals surface area contributed by atoms with E-state index in [0.717, 1.165) is 5.56 Å². The number of ether oxygens (including phenoxy) is 1. The number of primary amides is 1. The number of benzene rings is 2. The summed E-state index contributed by atoms with van der Waals surface area (Å²) in [5.41, 5.74) is 7.89. The Morgan fingerprint density at radius 3 is 2.41 bits per heavy atom. The SMILES string of the molecule is CN(C(=O)c1ccn2ncc(-c3ccc(C(N)=O)cc3)c2c1)c1ccc(Cl)c(C(=O)OCC(F)(F)F)c1. The fourth-order valence-corrected chi connectivity index (χ4v) is 3.76. The van der Waals surface area contributed by atoms with E-state index >= 15 is 0 Å². The van der Waals surface area contributed by atoms with Gasteiger partial charge in [0.25, 0.3) is 5.91 Å². The van der Waals surface area contributed by atoms with E-state index in [1.54, 1.807) is 53.3 Å². The number of nitrogens with zero attached hydrogens (tertiary/aromatic N) is 3. The van der Waals surface area contributed by atoms with E-state index in [4.69, 9.17) is 17.3 Å². The number of hydrogen-bond acceptors (Lipinski definition) is 5. The number of halogens is 4. The molecule has 0 unspecified atom stereocenters. The van der Waals surface area contributed by atoms with Gasteiger partial charge in [-0.25, -0.2) is 9.31 Å². The lowest BCUT2D eigenvalue weighted by Gasteiger charge is -2.19. The number of rotatable bonds is 6.